The molecule has 14 heavy (non-hydrogen) atoms. The topological polar surface area (TPSA) is 55.8 Å². The molecular formula is C9H15FO4. The highest BCUT2D eigenvalue weighted by molar-refractivity contribution is 5.75. The first-order valence-electron chi connectivity index (χ1n) is 4.73. The molecule has 3 unspecified atom stereocenters. The molecule has 82 valence electrons. The molecule has 1 saturated heterocycles. The minimum atomic E-state index is -1.96. The molecule has 0 saturated carbocycles. The average Bonchev–Trinajstić information content (AvgIpc) is 2.68. The lowest BCUT2D eigenvalue weighted by atomic mass is 9.98. The molecule has 0 aromatic rings. The Labute approximate surface area is 82.0 Å². The third-order valence-corrected chi connectivity index (χ3v) is 2.26. The summed E-state index contributed by atoms with van der Waals surface area (Å²) in [4.78, 5) is 10.9. The van der Waals surface area contributed by atoms with E-state index >= 15 is 0 Å². The van der Waals surface area contributed by atoms with E-state index in [2.05, 4.69) is 4.74 Å². The Morgan fingerprint density at radius 1 is 1.79 bits per heavy atom. The third kappa shape index (κ3) is 2.65. The minimum absolute atomic E-state index is 0.118. The summed E-state index contributed by atoms with van der Waals surface area (Å²) in [6.07, 6.45) is -2.68. The van der Waals surface area contributed by atoms with Crippen molar-refractivity contribution in [2.45, 2.75) is 25.6 Å². The van der Waals surface area contributed by atoms with Crippen molar-refractivity contribution in [3.63, 3.8) is 0 Å². The molecule has 0 spiro atoms. The lowest BCUT2D eigenvalue weighted by Gasteiger charge is -2.18. The number of rotatable bonds is 4. The Morgan fingerprint density at radius 2 is 2.50 bits per heavy atom. The number of esters is 1. The van der Waals surface area contributed by atoms with E-state index in [-0.39, 0.29) is 12.5 Å². The van der Waals surface area contributed by atoms with Gasteiger partial charge in [-0.3, -0.25) is 0 Å². The lowest BCUT2D eigenvalue weighted by Crippen LogP contribution is -2.37. The monoisotopic (exact) mass is 206 g/mol. The van der Waals surface area contributed by atoms with Crippen molar-refractivity contribution in [3.8, 4) is 0 Å². The average molecular weight is 206 g/mol. The van der Waals surface area contributed by atoms with Gasteiger partial charge in [0.2, 0.25) is 6.17 Å². The van der Waals surface area contributed by atoms with Crippen LogP contribution in [0.15, 0.2) is 0 Å². The van der Waals surface area contributed by atoms with Crippen molar-refractivity contribution >= 4 is 5.97 Å². The van der Waals surface area contributed by atoms with Crippen molar-refractivity contribution in [1.82, 2.24) is 0 Å². The number of hydrogen-bond acceptors (Lipinski definition) is 4. The van der Waals surface area contributed by atoms with E-state index in [1.807, 2.05) is 0 Å². The highest BCUT2D eigenvalue weighted by Crippen LogP contribution is 2.21. The molecule has 0 aromatic carbocycles. The van der Waals surface area contributed by atoms with Crippen LogP contribution in [0.3, 0.4) is 0 Å². The van der Waals surface area contributed by atoms with Gasteiger partial charge in [-0.25, -0.2) is 9.18 Å². The second kappa shape index (κ2) is 5.26. The maximum absolute atomic E-state index is 13.2. The van der Waals surface area contributed by atoms with E-state index in [4.69, 9.17) is 4.74 Å². The van der Waals surface area contributed by atoms with Gasteiger partial charge in [-0.1, -0.05) is 0 Å². The van der Waals surface area contributed by atoms with Crippen LogP contribution in [0.4, 0.5) is 4.39 Å². The number of aliphatic hydroxyl groups excluding tert-OH is 1. The fourth-order valence-electron chi connectivity index (χ4n) is 1.42. The molecular weight excluding hydrogens is 191 g/mol. The van der Waals surface area contributed by atoms with Gasteiger partial charge in [0.1, 0.15) is 6.10 Å². The van der Waals surface area contributed by atoms with Crippen molar-refractivity contribution < 1.29 is 23.8 Å². The second-order valence-corrected chi connectivity index (χ2v) is 3.27. The Hall–Kier alpha value is -0.680. The van der Waals surface area contributed by atoms with Crippen LogP contribution in [-0.4, -0.2) is 43.2 Å². The van der Waals surface area contributed by atoms with Crippen LogP contribution in [0.2, 0.25) is 0 Å². The SMILES string of the molecule is CCOC(=O)C(F)C(O)C1CCOC1. The summed E-state index contributed by atoms with van der Waals surface area (Å²) in [7, 11) is 0. The van der Waals surface area contributed by atoms with Crippen molar-refractivity contribution in [2.24, 2.45) is 5.92 Å². The van der Waals surface area contributed by atoms with Crippen LogP contribution < -0.4 is 0 Å². The van der Waals surface area contributed by atoms with Crippen molar-refractivity contribution in [1.29, 1.82) is 0 Å². The number of carbonyl (C=O) groups excluding carboxylic acids is 1. The highest BCUT2D eigenvalue weighted by atomic mass is 19.1. The maximum atomic E-state index is 13.2. The quantitative estimate of drug-likeness (QED) is 0.671. The minimum Gasteiger partial charge on any atom is -0.464 e. The zero-order valence-electron chi connectivity index (χ0n) is 8.11. The van der Waals surface area contributed by atoms with E-state index in [9.17, 15) is 14.3 Å². The molecule has 1 rings (SSSR count). The largest absolute Gasteiger partial charge is 0.464 e. The molecule has 1 aliphatic rings. The number of halogens is 1. The van der Waals surface area contributed by atoms with Crippen LogP contribution in [0, 0.1) is 5.92 Å². The first kappa shape index (κ1) is 11.4. The summed E-state index contributed by atoms with van der Waals surface area (Å²) in [6, 6.07) is 0. The number of hydrogen-bond donors (Lipinski definition) is 1. The molecule has 0 aliphatic carbocycles. The molecule has 3 atom stereocenters. The first-order chi connectivity index (χ1) is 6.66. The maximum Gasteiger partial charge on any atom is 0.343 e. The molecule has 1 fully saturated rings. The van der Waals surface area contributed by atoms with E-state index in [0.29, 0.717) is 19.6 Å². The fraction of sp³-hybridized carbons (Fsp3) is 0.889. The summed E-state index contributed by atoms with van der Waals surface area (Å²) >= 11 is 0. The molecule has 0 bridgehead atoms. The summed E-state index contributed by atoms with van der Waals surface area (Å²) in [5, 5.41) is 9.46. The normalized spacial score (nSPS) is 25.8. The number of alkyl halides is 1. The summed E-state index contributed by atoms with van der Waals surface area (Å²) in [5.74, 6) is -1.29. The van der Waals surface area contributed by atoms with Crippen molar-refractivity contribution in [3.05, 3.63) is 0 Å². The van der Waals surface area contributed by atoms with E-state index in [0.717, 1.165) is 0 Å². The first-order valence-corrected chi connectivity index (χ1v) is 4.73. The van der Waals surface area contributed by atoms with Gasteiger partial charge < -0.3 is 14.6 Å². The standard InChI is InChI=1S/C9H15FO4/c1-2-14-9(12)7(10)8(11)6-3-4-13-5-6/h6-8,11H,2-5H2,1H3. The van der Waals surface area contributed by atoms with Crippen LogP contribution in [0.1, 0.15) is 13.3 Å². The van der Waals surface area contributed by atoms with Crippen LogP contribution in [0.5, 0.6) is 0 Å². The molecule has 1 N–H and O–H groups in total. The Bertz CT molecular complexity index is 191. The molecule has 0 radical (unpaired) electrons. The molecule has 1 aliphatic heterocycles. The fourth-order valence-corrected chi connectivity index (χ4v) is 1.42. The Morgan fingerprint density at radius 3 is 3.00 bits per heavy atom. The van der Waals surface area contributed by atoms with Gasteiger partial charge in [-0.05, 0) is 13.3 Å². The van der Waals surface area contributed by atoms with Gasteiger partial charge in [0.25, 0.3) is 0 Å². The van der Waals surface area contributed by atoms with Crippen molar-refractivity contribution in [2.75, 3.05) is 19.8 Å². The molecule has 1 heterocycles. The Balaban J connectivity index is 2.41. The summed E-state index contributed by atoms with van der Waals surface area (Å²) in [5.41, 5.74) is 0. The Kier molecular flexibility index (Phi) is 4.28. The number of carbonyl (C=O) groups is 1. The molecule has 0 amide bonds. The highest BCUT2D eigenvalue weighted by Gasteiger charge is 2.35. The molecule has 0 aromatic heterocycles. The van der Waals surface area contributed by atoms with Gasteiger partial charge in [-0.2, -0.15) is 0 Å². The zero-order valence-corrected chi connectivity index (χ0v) is 8.11. The van der Waals surface area contributed by atoms with E-state index < -0.39 is 18.2 Å². The van der Waals surface area contributed by atoms with E-state index in [1.54, 1.807) is 6.92 Å². The second-order valence-electron chi connectivity index (χ2n) is 3.27. The number of aliphatic hydroxyl groups is 1. The van der Waals surface area contributed by atoms with Gasteiger partial charge in [0, 0.05) is 12.5 Å². The smallest absolute Gasteiger partial charge is 0.343 e. The van der Waals surface area contributed by atoms with E-state index in [1.165, 1.54) is 0 Å². The molecule has 4 nitrogen and oxygen atoms in total. The predicted octanol–water partition coefficient (Wildman–Crippen LogP) is 0.285. The number of ether oxygens (including phenoxy) is 2. The van der Waals surface area contributed by atoms with Gasteiger partial charge >= 0.3 is 5.97 Å². The summed E-state index contributed by atoms with van der Waals surface area (Å²) in [6.45, 7) is 2.53. The van der Waals surface area contributed by atoms with Crippen LogP contribution in [0.25, 0.3) is 0 Å². The lowest BCUT2D eigenvalue weighted by molar-refractivity contribution is -0.155. The van der Waals surface area contributed by atoms with Gasteiger partial charge in [0.05, 0.1) is 13.2 Å². The summed E-state index contributed by atoms with van der Waals surface area (Å²) < 4.78 is 22.7. The predicted molar refractivity (Wildman–Crippen MR) is 46.5 cm³/mol. The van der Waals surface area contributed by atoms with Crippen LogP contribution in [-0.2, 0) is 14.3 Å². The van der Waals surface area contributed by atoms with Crippen LogP contribution >= 0.6 is 0 Å². The zero-order chi connectivity index (χ0) is 10.6. The third-order valence-electron chi connectivity index (χ3n) is 2.26. The molecule has 5 heteroatoms. The van der Waals surface area contributed by atoms with Gasteiger partial charge in [0.15, 0.2) is 0 Å². The van der Waals surface area contributed by atoms with Gasteiger partial charge in [-0.15, -0.1) is 0 Å².